The Balaban J connectivity index is 1.39. The van der Waals surface area contributed by atoms with E-state index in [1.165, 1.54) is 12.1 Å². The normalized spacial score (nSPS) is 16.7. The molecular formula is C23H27FN4O2. The number of aryl methyl sites for hydroxylation is 1. The first-order valence-electron chi connectivity index (χ1n) is 10.6. The Labute approximate surface area is 175 Å². The quantitative estimate of drug-likeness (QED) is 0.623. The molecule has 30 heavy (non-hydrogen) atoms. The van der Waals surface area contributed by atoms with E-state index in [0.717, 1.165) is 55.7 Å². The number of likely N-dealkylation sites (tertiary alicyclic amines) is 1. The van der Waals surface area contributed by atoms with Crippen LogP contribution in [0.3, 0.4) is 0 Å². The molecule has 0 radical (unpaired) electrons. The second-order valence-corrected chi connectivity index (χ2v) is 7.94. The number of rotatable bonds is 7. The first-order chi connectivity index (χ1) is 14.6. The lowest BCUT2D eigenvalue weighted by atomic mass is 9.97. The molecule has 3 heterocycles. The number of halogens is 1. The van der Waals surface area contributed by atoms with Gasteiger partial charge in [-0.3, -0.25) is 9.89 Å². The van der Waals surface area contributed by atoms with Crippen molar-refractivity contribution >= 4 is 5.91 Å². The first kappa shape index (κ1) is 20.3. The van der Waals surface area contributed by atoms with Gasteiger partial charge in [0.05, 0.1) is 12.1 Å². The van der Waals surface area contributed by atoms with Gasteiger partial charge in [0.25, 0.3) is 5.91 Å². The van der Waals surface area contributed by atoms with Crippen molar-refractivity contribution in [3.05, 3.63) is 70.9 Å². The molecule has 7 heteroatoms. The fourth-order valence-corrected chi connectivity index (χ4v) is 3.89. The average Bonchev–Trinajstić information content (AvgIpc) is 3.43. The Morgan fingerprint density at radius 1 is 1.33 bits per heavy atom. The highest BCUT2D eigenvalue weighted by molar-refractivity contribution is 5.92. The smallest absolute Gasteiger partial charge is 0.274 e. The van der Waals surface area contributed by atoms with E-state index >= 15 is 0 Å². The molecule has 158 valence electrons. The second-order valence-electron chi connectivity index (χ2n) is 7.94. The van der Waals surface area contributed by atoms with Gasteiger partial charge in [-0.2, -0.15) is 5.10 Å². The molecule has 1 aliphatic heterocycles. The number of aromatic amines is 1. The van der Waals surface area contributed by atoms with Crippen molar-refractivity contribution in [1.29, 1.82) is 0 Å². The van der Waals surface area contributed by atoms with Gasteiger partial charge >= 0.3 is 0 Å². The van der Waals surface area contributed by atoms with Gasteiger partial charge in [0.2, 0.25) is 0 Å². The lowest BCUT2D eigenvalue weighted by molar-refractivity contribution is 0.0692. The van der Waals surface area contributed by atoms with Crippen molar-refractivity contribution in [3.8, 4) is 0 Å². The number of oxazole rings is 1. The maximum Gasteiger partial charge on any atom is 0.274 e. The topological polar surface area (TPSA) is 75.0 Å². The van der Waals surface area contributed by atoms with Gasteiger partial charge in [-0.05, 0) is 49.4 Å². The molecule has 1 amide bonds. The lowest BCUT2D eigenvalue weighted by Crippen LogP contribution is -2.39. The largest absolute Gasteiger partial charge is 0.445 e. The molecule has 1 atom stereocenters. The number of nitrogens with one attached hydrogen (secondary N) is 1. The predicted octanol–water partition coefficient (Wildman–Crippen LogP) is 4.49. The molecule has 2 aromatic heterocycles. The number of benzene rings is 1. The van der Waals surface area contributed by atoms with E-state index in [2.05, 4.69) is 22.1 Å². The predicted molar refractivity (Wildman–Crippen MR) is 111 cm³/mol. The minimum absolute atomic E-state index is 0.0446. The Bertz CT molecular complexity index is 979. The molecule has 1 aliphatic rings. The number of carbonyl (C=O) groups excluding carboxylic acids is 1. The van der Waals surface area contributed by atoms with Gasteiger partial charge in [-0.15, -0.1) is 0 Å². The molecule has 0 saturated carbocycles. The molecule has 6 nitrogen and oxygen atoms in total. The van der Waals surface area contributed by atoms with Crippen molar-refractivity contribution in [3.63, 3.8) is 0 Å². The SMILES string of the molecule is CCCCc1cc(C(=O)N2CCC[C@H](c3ncc(Cc4ccc(F)cc4)o3)C2)n[nH]1. The first-order valence-corrected chi connectivity index (χ1v) is 10.6. The van der Waals surface area contributed by atoms with Crippen molar-refractivity contribution in [2.75, 3.05) is 13.1 Å². The van der Waals surface area contributed by atoms with Crippen molar-refractivity contribution in [1.82, 2.24) is 20.1 Å². The summed E-state index contributed by atoms with van der Waals surface area (Å²) >= 11 is 0. The fraction of sp³-hybridized carbons (Fsp3) is 0.435. The maximum atomic E-state index is 13.1. The summed E-state index contributed by atoms with van der Waals surface area (Å²) in [5.74, 6) is 1.18. The number of aromatic nitrogens is 3. The zero-order chi connectivity index (χ0) is 20.9. The summed E-state index contributed by atoms with van der Waals surface area (Å²) in [5, 5.41) is 7.20. The van der Waals surface area contributed by atoms with Gasteiger partial charge in [0.1, 0.15) is 17.3 Å². The van der Waals surface area contributed by atoms with Crippen LogP contribution in [0.15, 0.2) is 40.9 Å². The molecular weight excluding hydrogens is 383 g/mol. The summed E-state index contributed by atoms with van der Waals surface area (Å²) in [6.07, 6.45) is 7.22. The van der Waals surface area contributed by atoms with Crippen LogP contribution < -0.4 is 0 Å². The van der Waals surface area contributed by atoms with Crippen LogP contribution in [0.25, 0.3) is 0 Å². The highest BCUT2D eigenvalue weighted by Crippen LogP contribution is 2.28. The fourth-order valence-electron chi connectivity index (χ4n) is 3.89. The zero-order valence-corrected chi connectivity index (χ0v) is 17.2. The van der Waals surface area contributed by atoms with Crippen LogP contribution in [0.1, 0.15) is 71.9 Å². The van der Waals surface area contributed by atoms with Crippen molar-refractivity contribution in [2.45, 2.75) is 51.4 Å². The van der Waals surface area contributed by atoms with Gasteiger partial charge < -0.3 is 9.32 Å². The summed E-state index contributed by atoms with van der Waals surface area (Å²) in [7, 11) is 0. The molecule has 1 aromatic carbocycles. The number of nitrogens with zero attached hydrogens (tertiary/aromatic N) is 3. The lowest BCUT2D eigenvalue weighted by Gasteiger charge is -2.30. The minimum atomic E-state index is -0.252. The summed E-state index contributed by atoms with van der Waals surface area (Å²) in [5.41, 5.74) is 2.45. The molecule has 0 unspecified atom stereocenters. The van der Waals surface area contributed by atoms with Crippen LogP contribution in [-0.4, -0.2) is 39.1 Å². The third kappa shape index (κ3) is 4.78. The minimum Gasteiger partial charge on any atom is -0.445 e. The molecule has 0 spiro atoms. The Kier molecular flexibility index (Phi) is 6.26. The summed E-state index contributed by atoms with van der Waals surface area (Å²) in [4.78, 5) is 19.2. The summed E-state index contributed by atoms with van der Waals surface area (Å²) < 4.78 is 19.1. The Hall–Kier alpha value is -2.96. The summed E-state index contributed by atoms with van der Waals surface area (Å²) in [6.45, 7) is 3.44. The van der Waals surface area contributed by atoms with E-state index in [9.17, 15) is 9.18 Å². The van der Waals surface area contributed by atoms with Gasteiger partial charge in [-0.25, -0.2) is 9.37 Å². The van der Waals surface area contributed by atoms with E-state index in [1.807, 2.05) is 11.0 Å². The van der Waals surface area contributed by atoms with Crippen LogP contribution in [-0.2, 0) is 12.8 Å². The maximum absolute atomic E-state index is 13.1. The van der Waals surface area contributed by atoms with Gasteiger partial charge in [0.15, 0.2) is 5.89 Å². The van der Waals surface area contributed by atoms with Crippen molar-refractivity contribution < 1.29 is 13.6 Å². The number of carbonyl (C=O) groups is 1. The van der Waals surface area contributed by atoms with Crippen LogP contribution in [0.5, 0.6) is 0 Å². The zero-order valence-electron chi connectivity index (χ0n) is 17.2. The Morgan fingerprint density at radius 2 is 2.17 bits per heavy atom. The van der Waals surface area contributed by atoms with E-state index in [0.29, 0.717) is 24.6 Å². The van der Waals surface area contributed by atoms with Gasteiger partial charge in [0, 0.05) is 25.2 Å². The van der Waals surface area contributed by atoms with Crippen LogP contribution in [0.2, 0.25) is 0 Å². The van der Waals surface area contributed by atoms with Crippen LogP contribution in [0.4, 0.5) is 4.39 Å². The number of unbranched alkanes of at least 4 members (excludes halogenated alkanes) is 1. The molecule has 4 rings (SSSR count). The molecule has 0 bridgehead atoms. The molecule has 3 aromatic rings. The highest BCUT2D eigenvalue weighted by atomic mass is 19.1. The molecule has 1 fully saturated rings. The third-order valence-electron chi connectivity index (χ3n) is 5.57. The highest BCUT2D eigenvalue weighted by Gasteiger charge is 2.29. The molecule has 1 N–H and O–H groups in total. The molecule has 0 aliphatic carbocycles. The van der Waals surface area contributed by atoms with Crippen molar-refractivity contribution in [2.24, 2.45) is 0 Å². The number of hydrogen-bond acceptors (Lipinski definition) is 4. The average molecular weight is 410 g/mol. The van der Waals surface area contributed by atoms with E-state index in [4.69, 9.17) is 4.42 Å². The monoisotopic (exact) mass is 410 g/mol. The number of H-pyrrole nitrogens is 1. The standard InChI is InChI=1S/C23H27FN4O2/c1-2-3-6-19-13-21(27-26-19)23(29)28-11-4-5-17(15-28)22-25-14-20(30-22)12-16-7-9-18(24)10-8-16/h7-10,13-14,17H,2-6,11-12,15H2,1H3,(H,26,27)/t17-/m0/s1. The van der Waals surface area contributed by atoms with E-state index < -0.39 is 0 Å². The van der Waals surface area contributed by atoms with Gasteiger partial charge in [-0.1, -0.05) is 25.5 Å². The number of amides is 1. The molecule has 1 saturated heterocycles. The number of hydrogen-bond donors (Lipinski definition) is 1. The third-order valence-corrected chi connectivity index (χ3v) is 5.57. The second kappa shape index (κ2) is 9.24. The van der Waals surface area contributed by atoms with Crippen LogP contribution >= 0.6 is 0 Å². The van der Waals surface area contributed by atoms with Crippen LogP contribution in [0, 0.1) is 5.82 Å². The van der Waals surface area contributed by atoms with E-state index in [-0.39, 0.29) is 17.6 Å². The Morgan fingerprint density at radius 3 is 2.97 bits per heavy atom. The van der Waals surface area contributed by atoms with E-state index in [1.54, 1.807) is 18.3 Å². The number of piperidine rings is 1. The summed E-state index contributed by atoms with van der Waals surface area (Å²) in [6, 6.07) is 8.25.